The lowest BCUT2D eigenvalue weighted by Gasteiger charge is -2.09. The Bertz CT molecular complexity index is 575. The van der Waals surface area contributed by atoms with Crippen molar-refractivity contribution in [3.63, 3.8) is 0 Å². The lowest BCUT2D eigenvalue weighted by molar-refractivity contribution is -0.116. The van der Waals surface area contributed by atoms with E-state index in [-0.39, 0.29) is 24.6 Å². The molecule has 0 radical (unpaired) electrons. The third-order valence-corrected chi connectivity index (χ3v) is 2.95. The smallest absolute Gasteiger partial charge is 0.229 e. The van der Waals surface area contributed by atoms with E-state index >= 15 is 0 Å². The van der Waals surface area contributed by atoms with Crippen LogP contribution in [0.2, 0.25) is 0 Å². The zero-order valence-corrected chi connectivity index (χ0v) is 11.8. The molecule has 6 nitrogen and oxygen atoms in total. The van der Waals surface area contributed by atoms with Gasteiger partial charge in [0.05, 0.1) is 11.9 Å². The Morgan fingerprint density at radius 1 is 1.35 bits per heavy atom. The van der Waals surface area contributed by atoms with E-state index in [0.717, 1.165) is 12.3 Å². The molecule has 0 saturated carbocycles. The number of aliphatic hydroxyl groups is 1. The molecule has 0 aliphatic carbocycles. The minimum atomic E-state index is -3.59. The van der Waals surface area contributed by atoms with E-state index < -0.39 is 15.8 Å². The normalized spacial score (nSPS) is 11.2. The van der Waals surface area contributed by atoms with Gasteiger partial charge < -0.3 is 10.4 Å². The number of benzene rings is 1. The Labute approximate surface area is 117 Å². The van der Waals surface area contributed by atoms with Gasteiger partial charge in [-0.2, -0.15) is 0 Å². The minimum absolute atomic E-state index is 0.0201. The molecular formula is C12H17FN2O4S. The first-order valence-corrected chi connectivity index (χ1v) is 7.89. The Hall–Kier alpha value is -1.67. The van der Waals surface area contributed by atoms with Crippen LogP contribution in [0.15, 0.2) is 18.2 Å². The van der Waals surface area contributed by atoms with Gasteiger partial charge in [0, 0.05) is 18.7 Å². The average Bonchev–Trinajstić information content (AvgIpc) is 2.32. The van der Waals surface area contributed by atoms with Crippen molar-refractivity contribution in [2.45, 2.75) is 19.3 Å². The van der Waals surface area contributed by atoms with Gasteiger partial charge in [0.2, 0.25) is 15.9 Å². The standard InChI is InChI=1S/C12H17FN2O4S/c1-20(18,19)15-11-8-9(5-6-10(11)13)14-12(17)4-2-3-7-16/h5-6,8,15-16H,2-4,7H2,1H3,(H,14,17). The molecule has 0 bridgehead atoms. The van der Waals surface area contributed by atoms with Gasteiger partial charge in [-0.3, -0.25) is 9.52 Å². The van der Waals surface area contributed by atoms with Crippen LogP contribution in [0.5, 0.6) is 0 Å². The van der Waals surface area contributed by atoms with Crippen molar-refractivity contribution in [3.05, 3.63) is 24.0 Å². The highest BCUT2D eigenvalue weighted by Gasteiger charge is 2.10. The van der Waals surface area contributed by atoms with Crippen molar-refractivity contribution < 1.29 is 22.7 Å². The molecular weight excluding hydrogens is 287 g/mol. The van der Waals surface area contributed by atoms with E-state index in [2.05, 4.69) is 5.32 Å². The largest absolute Gasteiger partial charge is 0.396 e. The quantitative estimate of drug-likeness (QED) is 0.662. The van der Waals surface area contributed by atoms with Gasteiger partial charge in [0.25, 0.3) is 0 Å². The second-order valence-electron chi connectivity index (χ2n) is 4.30. The van der Waals surface area contributed by atoms with Crippen LogP contribution >= 0.6 is 0 Å². The molecule has 3 N–H and O–H groups in total. The number of sulfonamides is 1. The van der Waals surface area contributed by atoms with Crippen molar-refractivity contribution in [2.24, 2.45) is 0 Å². The summed E-state index contributed by atoms with van der Waals surface area (Å²) in [6.07, 6.45) is 2.20. The number of amides is 1. The molecule has 1 amide bonds. The summed E-state index contributed by atoms with van der Waals surface area (Å²) in [5.74, 6) is -1.01. The Morgan fingerprint density at radius 3 is 2.65 bits per heavy atom. The molecule has 0 spiro atoms. The zero-order chi connectivity index (χ0) is 15.2. The maximum absolute atomic E-state index is 13.4. The molecule has 0 atom stereocenters. The van der Waals surface area contributed by atoms with Crippen LogP contribution in [-0.2, 0) is 14.8 Å². The number of carbonyl (C=O) groups is 1. The van der Waals surface area contributed by atoms with Crippen LogP contribution in [0.1, 0.15) is 19.3 Å². The summed E-state index contributed by atoms with van der Waals surface area (Å²) in [5, 5.41) is 11.1. The number of unbranched alkanes of at least 4 members (excludes halogenated alkanes) is 1. The van der Waals surface area contributed by atoms with Gasteiger partial charge in [-0.15, -0.1) is 0 Å². The van der Waals surface area contributed by atoms with Crippen molar-refractivity contribution in [2.75, 3.05) is 22.9 Å². The number of anilines is 2. The predicted molar refractivity (Wildman–Crippen MR) is 74.4 cm³/mol. The maximum atomic E-state index is 13.4. The minimum Gasteiger partial charge on any atom is -0.396 e. The highest BCUT2D eigenvalue weighted by atomic mass is 32.2. The van der Waals surface area contributed by atoms with E-state index in [4.69, 9.17) is 5.11 Å². The third kappa shape index (κ3) is 5.98. The number of rotatable bonds is 7. The highest BCUT2D eigenvalue weighted by molar-refractivity contribution is 7.92. The number of halogens is 1. The molecule has 8 heteroatoms. The molecule has 0 unspecified atom stereocenters. The van der Waals surface area contributed by atoms with Crippen LogP contribution < -0.4 is 10.0 Å². The fourth-order valence-electron chi connectivity index (χ4n) is 1.50. The number of carbonyl (C=O) groups excluding carboxylic acids is 1. The van der Waals surface area contributed by atoms with Gasteiger partial charge in [-0.05, 0) is 31.0 Å². The van der Waals surface area contributed by atoms with E-state index in [1.165, 1.54) is 12.1 Å². The molecule has 0 aromatic heterocycles. The molecule has 0 aliphatic rings. The van der Waals surface area contributed by atoms with Crippen LogP contribution in [0.4, 0.5) is 15.8 Å². The number of hydrogen-bond acceptors (Lipinski definition) is 4. The first-order valence-electron chi connectivity index (χ1n) is 6.00. The summed E-state index contributed by atoms with van der Waals surface area (Å²) in [4.78, 5) is 11.5. The third-order valence-electron chi connectivity index (χ3n) is 2.36. The van der Waals surface area contributed by atoms with Gasteiger partial charge in [0.15, 0.2) is 0 Å². The maximum Gasteiger partial charge on any atom is 0.229 e. The zero-order valence-electron chi connectivity index (χ0n) is 11.0. The van der Waals surface area contributed by atoms with Gasteiger partial charge >= 0.3 is 0 Å². The van der Waals surface area contributed by atoms with Gasteiger partial charge in [-0.1, -0.05) is 0 Å². The Balaban J connectivity index is 2.72. The topological polar surface area (TPSA) is 95.5 Å². The van der Waals surface area contributed by atoms with Gasteiger partial charge in [0.1, 0.15) is 5.82 Å². The van der Waals surface area contributed by atoms with Crippen LogP contribution in [0.25, 0.3) is 0 Å². The second-order valence-corrected chi connectivity index (χ2v) is 6.05. The predicted octanol–water partition coefficient (Wildman–Crippen LogP) is 1.30. The van der Waals surface area contributed by atoms with Crippen LogP contribution in [-0.4, -0.2) is 32.3 Å². The Kier molecular flexibility index (Phi) is 5.90. The molecule has 1 rings (SSSR count). The molecule has 0 heterocycles. The van der Waals surface area contributed by atoms with Crippen LogP contribution in [0.3, 0.4) is 0 Å². The molecule has 0 saturated heterocycles. The summed E-state index contributed by atoms with van der Waals surface area (Å²) in [6.45, 7) is 0.0201. The van der Waals surface area contributed by atoms with Gasteiger partial charge in [-0.25, -0.2) is 12.8 Å². The number of nitrogens with one attached hydrogen (secondary N) is 2. The van der Waals surface area contributed by atoms with Crippen molar-refractivity contribution >= 4 is 27.3 Å². The SMILES string of the molecule is CS(=O)(=O)Nc1cc(NC(=O)CCCCO)ccc1F. The first kappa shape index (κ1) is 16.4. The summed E-state index contributed by atoms with van der Waals surface area (Å²) >= 11 is 0. The summed E-state index contributed by atoms with van der Waals surface area (Å²) in [7, 11) is -3.59. The van der Waals surface area contributed by atoms with E-state index in [1.54, 1.807) is 0 Å². The summed E-state index contributed by atoms with van der Waals surface area (Å²) in [6, 6.07) is 3.61. The molecule has 0 aliphatic heterocycles. The van der Waals surface area contributed by atoms with E-state index in [9.17, 15) is 17.6 Å². The van der Waals surface area contributed by atoms with Crippen molar-refractivity contribution in [1.29, 1.82) is 0 Å². The number of aliphatic hydroxyl groups excluding tert-OH is 1. The lowest BCUT2D eigenvalue weighted by Crippen LogP contribution is -2.13. The van der Waals surface area contributed by atoms with E-state index in [1.807, 2.05) is 4.72 Å². The fraction of sp³-hybridized carbons (Fsp3) is 0.417. The monoisotopic (exact) mass is 304 g/mol. The summed E-state index contributed by atoms with van der Waals surface area (Å²) in [5.41, 5.74) is 0.0761. The Morgan fingerprint density at radius 2 is 2.05 bits per heavy atom. The van der Waals surface area contributed by atoms with Crippen molar-refractivity contribution in [3.8, 4) is 0 Å². The molecule has 20 heavy (non-hydrogen) atoms. The first-order chi connectivity index (χ1) is 9.31. The molecule has 0 fully saturated rings. The fourth-order valence-corrected chi connectivity index (χ4v) is 2.06. The molecule has 112 valence electrons. The van der Waals surface area contributed by atoms with E-state index in [0.29, 0.717) is 18.5 Å². The second kappa shape index (κ2) is 7.20. The molecule has 1 aromatic carbocycles. The number of hydrogen-bond donors (Lipinski definition) is 3. The summed E-state index contributed by atoms with van der Waals surface area (Å²) < 4.78 is 37.6. The molecule has 1 aromatic rings. The van der Waals surface area contributed by atoms with Crippen LogP contribution in [0, 0.1) is 5.82 Å². The average molecular weight is 304 g/mol. The highest BCUT2D eigenvalue weighted by Crippen LogP contribution is 2.20. The van der Waals surface area contributed by atoms with Crippen molar-refractivity contribution in [1.82, 2.24) is 0 Å². The lowest BCUT2D eigenvalue weighted by atomic mass is 10.2.